The van der Waals surface area contributed by atoms with Crippen LogP contribution in [0.5, 0.6) is 0 Å². The van der Waals surface area contributed by atoms with Gasteiger partial charge in [0.1, 0.15) is 11.2 Å². The highest BCUT2D eigenvalue weighted by Gasteiger charge is 2.32. The van der Waals surface area contributed by atoms with Crippen LogP contribution in [0.25, 0.3) is 43.5 Å². The molecular formula is C38H34NO2PSi. The highest BCUT2D eigenvalue weighted by molar-refractivity contribution is 7.40. The first-order valence-corrected chi connectivity index (χ1v) is 19.3. The zero-order valence-corrected chi connectivity index (χ0v) is 26.7. The molecule has 43 heavy (non-hydrogen) atoms. The highest BCUT2D eigenvalue weighted by atomic mass is 31.1. The molecule has 0 amide bonds. The molecule has 1 atom stereocenters. The molecular weight excluding hydrogens is 561 g/mol. The van der Waals surface area contributed by atoms with E-state index in [0.717, 1.165) is 46.4 Å². The summed E-state index contributed by atoms with van der Waals surface area (Å²) in [5.41, 5.74) is 6.79. The van der Waals surface area contributed by atoms with Gasteiger partial charge in [-0.1, -0.05) is 130 Å². The number of hydrogen-bond acceptors (Lipinski definition) is 3. The second-order valence-electron chi connectivity index (χ2n) is 11.9. The van der Waals surface area contributed by atoms with Crippen molar-refractivity contribution in [2.45, 2.75) is 38.9 Å². The molecule has 5 heteroatoms. The minimum atomic E-state index is -1.89. The van der Waals surface area contributed by atoms with Crippen molar-refractivity contribution >= 4 is 76.3 Å². The summed E-state index contributed by atoms with van der Waals surface area (Å²) in [6.45, 7) is 7.23. The van der Waals surface area contributed by atoms with Crippen molar-refractivity contribution in [1.29, 1.82) is 0 Å². The van der Waals surface area contributed by atoms with Crippen molar-refractivity contribution in [2.24, 2.45) is 0 Å². The van der Waals surface area contributed by atoms with Crippen LogP contribution in [0.4, 0.5) is 11.4 Å². The fourth-order valence-electron chi connectivity index (χ4n) is 6.84. The Labute approximate surface area is 254 Å². The summed E-state index contributed by atoms with van der Waals surface area (Å²) >= 11 is 0. The van der Waals surface area contributed by atoms with E-state index >= 15 is 0 Å². The lowest BCUT2D eigenvalue weighted by atomic mass is 9.97. The summed E-state index contributed by atoms with van der Waals surface area (Å²) in [7, 11) is -3.48. The van der Waals surface area contributed by atoms with E-state index in [0.29, 0.717) is 0 Å². The third-order valence-electron chi connectivity index (χ3n) is 9.68. The van der Waals surface area contributed by atoms with E-state index in [4.69, 9.17) is 8.39 Å². The molecule has 3 nitrogen and oxygen atoms in total. The molecule has 6 aromatic carbocycles. The molecule has 1 unspecified atom stereocenters. The maximum atomic E-state index is 7.43. The van der Waals surface area contributed by atoms with Crippen LogP contribution in [0, 0.1) is 0 Å². The van der Waals surface area contributed by atoms with E-state index in [1.54, 1.807) is 0 Å². The Morgan fingerprint density at radius 3 is 1.91 bits per heavy atom. The maximum absolute atomic E-state index is 7.43. The van der Waals surface area contributed by atoms with Gasteiger partial charge in [-0.3, -0.25) is 0 Å². The average molecular weight is 596 g/mol. The topological polar surface area (TPSA) is 29.5 Å². The lowest BCUT2D eigenvalue weighted by molar-refractivity contribution is 0.640. The monoisotopic (exact) mass is 595 g/mol. The number of para-hydroxylation sites is 2. The number of nitrogens with zero attached hydrogens (tertiary/aromatic N) is 1. The summed E-state index contributed by atoms with van der Waals surface area (Å²) in [4.78, 5) is 0. The van der Waals surface area contributed by atoms with Crippen molar-refractivity contribution in [1.82, 2.24) is 0 Å². The normalized spacial score (nSPS) is 13.5. The van der Waals surface area contributed by atoms with E-state index in [9.17, 15) is 0 Å². The fraction of sp³-hybridized carbons (Fsp3) is 0.158. The second-order valence-corrected chi connectivity index (χ2v) is 18.3. The largest absolute Gasteiger partial charge is 0.404 e. The Morgan fingerprint density at radius 2 is 1.23 bits per heavy atom. The van der Waals surface area contributed by atoms with Crippen LogP contribution in [-0.2, 0) is 6.42 Å². The van der Waals surface area contributed by atoms with Gasteiger partial charge < -0.3 is 8.39 Å². The van der Waals surface area contributed by atoms with Crippen molar-refractivity contribution in [3.8, 4) is 0 Å². The molecule has 212 valence electrons. The van der Waals surface area contributed by atoms with E-state index < -0.39 is 16.2 Å². The lowest BCUT2D eigenvalue weighted by Gasteiger charge is -2.30. The van der Waals surface area contributed by atoms with Gasteiger partial charge in [-0.05, 0) is 56.1 Å². The van der Waals surface area contributed by atoms with Gasteiger partial charge in [0.15, 0.2) is 0 Å². The highest BCUT2D eigenvalue weighted by Crippen LogP contribution is 2.51. The van der Waals surface area contributed by atoms with Gasteiger partial charge in [0.05, 0.1) is 19.4 Å². The lowest BCUT2D eigenvalue weighted by Crippen LogP contribution is -2.43. The van der Waals surface area contributed by atoms with Crippen molar-refractivity contribution < 1.29 is 8.39 Å². The van der Waals surface area contributed by atoms with E-state index in [2.05, 4.69) is 140 Å². The molecule has 1 aliphatic rings. The quantitative estimate of drug-likeness (QED) is 0.190. The molecule has 0 spiro atoms. The van der Waals surface area contributed by atoms with Crippen LogP contribution in [0.1, 0.15) is 25.0 Å². The predicted molar refractivity (Wildman–Crippen MR) is 187 cm³/mol. The molecule has 0 aliphatic carbocycles. The van der Waals surface area contributed by atoms with Crippen LogP contribution >= 0.6 is 8.16 Å². The van der Waals surface area contributed by atoms with Crippen LogP contribution in [0.15, 0.2) is 124 Å². The van der Waals surface area contributed by atoms with Gasteiger partial charge in [0.25, 0.3) is 0 Å². The Bertz CT molecular complexity index is 2190. The van der Waals surface area contributed by atoms with Crippen LogP contribution < -0.4 is 9.86 Å². The van der Waals surface area contributed by atoms with Gasteiger partial charge in [-0.2, -0.15) is 0 Å². The van der Waals surface area contributed by atoms with Crippen LogP contribution in [-0.4, -0.2) is 8.07 Å². The van der Waals surface area contributed by atoms with Gasteiger partial charge in [0.2, 0.25) is 0 Å². The van der Waals surface area contributed by atoms with Crippen molar-refractivity contribution in [3.63, 3.8) is 0 Å². The van der Waals surface area contributed by atoms with Gasteiger partial charge in [0, 0.05) is 17.2 Å². The summed E-state index contributed by atoms with van der Waals surface area (Å²) in [5, 5.41) is 8.57. The zero-order valence-electron chi connectivity index (χ0n) is 24.8. The molecule has 0 fully saturated rings. The molecule has 0 N–H and O–H groups in total. The molecule has 1 aromatic heterocycles. The summed E-state index contributed by atoms with van der Waals surface area (Å²) in [5.74, 6) is 0. The fourth-order valence-corrected chi connectivity index (χ4v) is 11.0. The molecule has 0 saturated heterocycles. The van der Waals surface area contributed by atoms with Gasteiger partial charge in [-0.25, -0.2) is 4.67 Å². The Hall–Kier alpha value is -4.24. The van der Waals surface area contributed by atoms with Crippen molar-refractivity contribution in [2.75, 3.05) is 4.67 Å². The van der Waals surface area contributed by atoms with Crippen molar-refractivity contribution in [3.05, 3.63) is 126 Å². The molecule has 7 aromatic rings. The summed E-state index contributed by atoms with van der Waals surface area (Å²) in [6.07, 6.45) is 0.899. The third-order valence-corrected chi connectivity index (χ3v) is 15.9. The average Bonchev–Trinajstić information content (AvgIpc) is 3.24. The number of anilines is 2. The smallest absolute Gasteiger partial charge is 0.346 e. The molecule has 2 heterocycles. The summed E-state index contributed by atoms with van der Waals surface area (Å²) < 4.78 is 16.9. The molecule has 1 aliphatic heterocycles. The Morgan fingerprint density at radius 1 is 0.651 bits per heavy atom. The summed E-state index contributed by atoms with van der Waals surface area (Å²) in [6, 6.07) is 44.0. The third kappa shape index (κ3) is 4.08. The Kier molecular flexibility index (Phi) is 6.25. The molecule has 8 rings (SSSR count). The SMILES string of the molecule is CC[Si](C)(CC)c1cc2ccccc2c2c1op(N1c3ccccc3Cc3ccccc31)oc1ccc3ccccc3c12. The Balaban J connectivity index is 1.63. The predicted octanol–water partition coefficient (Wildman–Crippen LogP) is 11.4. The molecule has 0 radical (unpaired) electrons. The van der Waals surface area contributed by atoms with E-state index in [1.165, 1.54) is 43.2 Å². The first kappa shape index (κ1) is 26.4. The first-order chi connectivity index (χ1) is 21.1. The second kappa shape index (κ2) is 10.2. The standard InChI is InChI=1S/C38H34NO2PSi/c1-4-43(3,5-2)35-25-27-15-7-11-19-31(27)37-36-30-18-10-6-14-26(30)22-23-34(36)40-42(41-38(35)37)39-32-20-12-8-16-28(32)24-29-17-9-13-21-33(29)39/h6-23,25H,4-5,24H2,1-3H3. The van der Waals surface area contributed by atoms with E-state index in [1.807, 2.05) is 0 Å². The van der Waals surface area contributed by atoms with E-state index in [-0.39, 0.29) is 0 Å². The zero-order chi connectivity index (χ0) is 29.1. The minimum Gasteiger partial charge on any atom is -0.404 e. The van der Waals surface area contributed by atoms with Crippen LogP contribution in [0.3, 0.4) is 0 Å². The first-order valence-electron chi connectivity index (χ1n) is 15.3. The number of fused-ring (bicyclic) bond motifs is 9. The minimum absolute atomic E-state index is 0.878. The van der Waals surface area contributed by atoms with Crippen LogP contribution in [0.2, 0.25) is 18.6 Å². The number of rotatable bonds is 4. The molecule has 0 bridgehead atoms. The van der Waals surface area contributed by atoms with Gasteiger partial charge >= 0.3 is 8.16 Å². The molecule has 0 saturated carbocycles. The number of benzene rings is 6. The maximum Gasteiger partial charge on any atom is 0.346 e. The number of hydrogen-bond donors (Lipinski definition) is 0. The van der Waals surface area contributed by atoms with Gasteiger partial charge in [-0.15, -0.1) is 0 Å².